The molecular formula is C26H26BrN3O4S. The number of hydrogen-bond acceptors (Lipinski definition) is 5. The summed E-state index contributed by atoms with van der Waals surface area (Å²) in [5.74, 6) is 0.228. The molecule has 2 amide bonds. The normalized spacial score (nSPS) is 10.4. The standard InChI is InChI=1S/C26H26BrN3O4S/c1-17(2)15-33-23-13-12-19(27)14-21(23)24(31)28-26(35)30-29-25(32)20-10-6-7-11-22(20)34-16-18-8-4-3-5-9-18/h3-14,17H,15-16H2,1-2H3,(H,29,32)(H2,28,30,31,35). The maximum atomic E-state index is 12.8. The summed E-state index contributed by atoms with van der Waals surface area (Å²) in [7, 11) is 0. The number of ether oxygens (including phenoxy) is 2. The molecule has 35 heavy (non-hydrogen) atoms. The average Bonchev–Trinajstić information content (AvgIpc) is 2.86. The second-order valence-corrected chi connectivity index (χ2v) is 9.30. The van der Waals surface area contributed by atoms with E-state index in [0.717, 1.165) is 10.0 Å². The van der Waals surface area contributed by atoms with E-state index in [-0.39, 0.29) is 5.11 Å². The van der Waals surface area contributed by atoms with E-state index in [9.17, 15) is 9.59 Å². The minimum absolute atomic E-state index is 0.0687. The molecule has 3 aromatic carbocycles. The summed E-state index contributed by atoms with van der Waals surface area (Å²) in [6, 6.07) is 21.7. The number of rotatable bonds is 8. The first-order valence-electron chi connectivity index (χ1n) is 10.9. The number of hydrazine groups is 1. The third-order valence-electron chi connectivity index (χ3n) is 4.64. The van der Waals surface area contributed by atoms with Gasteiger partial charge in [0.2, 0.25) is 0 Å². The van der Waals surface area contributed by atoms with Crippen LogP contribution in [0.5, 0.6) is 11.5 Å². The maximum Gasteiger partial charge on any atom is 0.273 e. The fourth-order valence-electron chi connectivity index (χ4n) is 2.96. The third-order valence-corrected chi connectivity index (χ3v) is 5.34. The van der Waals surface area contributed by atoms with E-state index in [4.69, 9.17) is 21.7 Å². The van der Waals surface area contributed by atoms with Crippen molar-refractivity contribution < 1.29 is 19.1 Å². The summed E-state index contributed by atoms with van der Waals surface area (Å²) >= 11 is 8.56. The van der Waals surface area contributed by atoms with Crippen LogP contribution in [0.2, 0.25) is 0 Å². The van der Waals surface area contributed by atoms with Crippen molar-refractivity contribution in [1.82, 2.24) is 16.2 Å². The highest BCUT2D eigenvalue weighted by Crippen LogP contribution is 2.24. The van der Waals surface area contributed by atoms with Gasteiger partial charge in [-0.3, -0.25) is 25.8 Å². The zero-order valence-corrected chi connectivity index (χ0v) is 21.7. The predicted octanol–water partition coefficient (Wildman–Crippen LogP) is 5.01. The monoisotopic (exact) mass is 555 g/mol. The van der Waals surface area contributed by atoms with Crippen LogP contribution in [0, 0.1) is 5.92 Å². The Morgan fingerprint density at radius 1 is 0.857 bits per heavy atom. The molecule has 0 unspecified atom stereocenters. The van der Waals surface area contributed by atoms with Crippen LogP contribution in [-0.2, 0) is 6.61 Å². The van der Waals surface area contributed by atoms with Crippen LogP contribution in [-0.4, -0.2) is 23.5 Å². The number of thiocarbonyl (C=S) groups is 1. The Labute approximate surface area is 218 Å². The lowest BCUT2D eigenvalue weighted by atomic mass is 10.2. The summed E-state index contributed by atoms with van der Waals surface area (Å²) in [6.07, 6.45) is 0. The quantitative estimate of drug-likeness (QED) is 0.267. The van der Waals surface area contributed by atoms with Crippen LogP contribution >= 0.6 is 28.1 Å². The van der Waals surface area contributed by atoms with E-state index in [1.165, 1.54) is 0 Å². The fraction of sp³-hybridized carbons (Fsp3) is 0.192. The van der Waals surface area contributed by atoms with E-state index in [2.05, 4.69) is 32.1 Å². The zero-order chi connectivity index (χ0) is 25.2. The number of carbonyl (C=O) groups is 2. The van der Waals surface area contributed by atoms with Crippen LogP contribution in [0.4, 0.5) is 0 Å². The van der Waals surface area contributed by atoms with Crippen molar-refractivity contribution in [3.63, 3.8) is 0 Å². The third kappa shape index (κ3) is 8.08. The molecule has 0 spiro atoms. The van der Waals surface area contributed by atoms with Gasteiger partial charge in [0.25, 0.3) is 11.8 Å². The van der Waals surface area contributed by atoms with Crippen LogP contribution in [0.3, 0.4) is 0 Å². The van der Waals surface area contributed by atoms with Gasteiger partial charge in [0, 0.05) is 4.47 Å². The van der Waals surface area contributed by atoms with Crippen molar-refractivity contribution in [2.24, 2.45) is 5.92 Å². The summed E-state index contributed by atoms with van der Waals surface area (Å²) in [4.78, 5) is 25.5. The first-order chi connectivity index (χ1) is 16.8. The lowest BCUT2D eigenvalue weighted by molar-refractivity contribution is 0.0929. The van der Waals surface area contributed by atoms with Crippen LogP contribution in [0.1, 0.15) is 40.1 Å². The van der Waals surface area contributed by atoms with Crippen molar-refractivity contribution in [3.05, 3.63) is 94.0 Å². The highest BCUT2D eigenvalue weighted by atomic mass is 79.9. The van der Waals surface area contributed by atoms with Gasteiger partial charge in [0.15, 0.2) is 5.11 Å². The lowest BCUT2D eigenvalue weighted by Gasteiger charge is -2.15. The van der Waals surface area contributed by atoms with E-state index in [1.807, 2.05) is 44.2 Å². The topological polar surface area (TPSA) is 88.7 Å². The van der Waals surface area contributed by atoms with E-state index < -0.39 is 11.8 Å². The van der Waals surface area contributed by atoms with Crippen molar-refractivity contribution >= 4 is 45.1 Å². The number of nitrogens with one attached hydrogen (secondary N) is 3. The summed E-state index contributed by atoms with van der Waals surface area (Å²) in [6.45, 7) is 4.82. The van der Waals surface area contributed by atoms with Crippen LogP contribution in [0.25, 0.3) is 0 Å². The predicted molar refractivity (Wildman–Crippen MR) is 142 cm³/mol. The summed E-state index contributed by atoms with van der Waals surface area (Å²) in [5, 5.41) is 2.49. The number of amides is 2. The molecule has 0 saturated carbocycles. The highest BCUT2D eigenvalue weighted by molar-refractivity contribution is 9.10. The molecule has 0 bridgehead atoms. The Hall–Kier alpha value is -3.43. The van der Waals surface area contributed by atoms with Crippen LogP contribution < -0.4 is 25.6 Å². The van der Waals surface area contributed by atoms with Gasteiger partial charge in [-0.2, -0.15) is 0 Å². The zero-order valence-electron chi connectivity index (χ0n) is 19.3. The van der Waals surface area contributed by atoms with Gasteiger partial charge < -0.3 is 9.47 Å². The Kier molecular flexibility index (Phi) is 9.63. The van der Waals surface area contributed by atoms with Gasteiger partial charge in [0.05, 0.1) is 17.7 Å². The minimum atomic E-state index is -0.469. The highest BCUT2D eigenvalue weighted by Gasteiger charge is 2.17. The average molecular weight is 556 g/mol. The molecule has 0 aliphatic heterocycles. The van der Waals surface area contributed by atoms with Gasteiger partial charge >= 0.3 is 0 Å². The number of carbonyl (C=O) groups excluding carboxylic acids is 2. The number of halogens is 1. The van der Waals surface area contributed by atoms with Gasteiger partial charge in [-0.05, 0) is 54.0 Å². The molecule has 3 rings (SSSR count). The maximum absolute atomic E-state index is 12.8. The summed E-state index contributed by atoms with van der Waals surface area (Å²) in [5.41, 5.74) is 6.67. The number of hydrogen-bond donors (Lipinski definition) is 3. The van der Waals surface area contributed by atoms with E-state index in [1.54, 1.807) is 42.5 Å². The molecule has 0 aliphatic rings. The van der Waals surface area contributed by atoms with Gasteiger partial charge in [-0.15, -0.1) is 0 Å². The second-order valence-electron chi connectivity index (χ2n) is 7.98. The number of para-hydroxylation sites is 1. The van der Waals surface area contributed by atoms with E-state index in [0.29, 0.717) is 41.8 Å². The molecule has 9 heteroatoms. The second kappa shape index (κ2) is 12.9. The van der Waals surface area contributed by atoms with Gasteiger partial charge in [-0.25, -0.2) is 0 Å². The Morgan fingerprint density at radius 3 is 2.29 bits per heavy atom. The molecule has 0 atom stereocenters. The molecule has 0 heterocycles. The molecule has 0 aliphatic carbocycles. The van der Waals surface area contributed by atoms with Crippen molar-refractivity contribution in [2.75, 3.05) is 6.61 Å². The summed E-state index contributed by atoms with van der Waals surface area (Å²) < 4.78 is 12.3. The fourth-order valence-corrected chi connectivity index (χ4v) is 3.46. The molecule has 0 saturated heterocycles. The van der Waals surface area contributed by atoms with Gasteiger partial charge in [-0.1, -0.05) is 72.2 Å². The van der Waals surface area contributed by atoms with Crippen molar-refractivity contribution in [3.8, 4) is 11.5 Å². The smallest absolute Gasteiger partial charge is 0.273 e. The molecule has 0 fully saturated rings. The minimum Gasteiger partial charge on any atom is -0.492 e. The van der Waals surface area contributed by atoms with Crippen molar-refractivity contribution in [1.29, 1.82) is 0 Å². The molecule has 3 N–H and O–H groups in total. The molecule has 0 aromatic heterocycles. The largest absolute Gasteiger partial charge is 0.492 e. The first kappa shape index (κ1) is 26.2. The Balaban J connectivity index is 1.58. The van der Waals surface area contributed by atoms with E-state index >= 15 is 0 Å². The molecule has 3 aromatic rings. The molecular weight excluding hydrogens is 530 g/mol. The molecule has 182 valence electrons. The van der Waals surface area contributed by atoms with Gasteiger partial charge in [0.1, 0.15) is 18.1 Å². The molecule has 0 radical (unpaired) electrons. The van der Waals surface area contributed by atoms with Crippen LogP contribution in [0.15, 0.2) is 77.3 Å². The SMILES string of the molecule is CC(C)COc1ccc(Br)cc1C(=O)NC(=S)NNC(=O)c1ccccc1OCc1ccccc1. The lowest BCUT2D eigenvalue weighted by Crippen LogP contribution is -2.48. The molecule has 7 nitrogen and oxygen atoms in total. The Morgan fingerprint density at radius 2 is 1.54 bits per heavy atom. The first-order valence-corrected chi connectivity index (χ1v) is 12.1. The Bertz CT molecular complexity index is 1190. The number of benzene rings is 3. The van der Waals surface area contributed by atoms with Crippen molar-refractivity contribution in [2.45, 2.75) is 20.5 Å².